The van der Waals surface area contributed by atoms with E-state index in [1.54, 1.807) is 0 Å². The summed E-state index contributed by atoms with van der Waals surface area (Å²) in [6.45, 7) is 8.76. The summed E-state index contributed by atoms with van der Waals surface area (Å²) in [7, 11) is 0. The van der Waals surface area contributed by atoms with Gasteiger partial charge in [-0.2, -0.15) is 0 Å². The van der Waals surface area contributed by atoms with Crippen LogP contribution in [-0.4, -0.2) is 26.2 Å². The van der Waals surface area contributed by atoms with Gasteiger partial charge in [0.15, 0.2) is 0 Å². The molecule has 1 aromatic carbocycles. The summed E-state index contributed by atoms with van der Waals surface area (Å²) in [6, 6.07) is 8.93. The fourth-order valence-corrected chi connectivity index (χ4v) is 2.71. The van der Waals surface area contributed by atoms with Crippen molar-refractivity contribution in [2.75, 3.05) is 31.1 Å². The molecule has 0 saturated carbocycles. The van der Waals surface area contributed by atoms with Crippen molar-refractivity contribution in [2.45, 2.75) is 39.0 Å². The van der Waals surface area contributed by atoms with Crippen LogP contribution in [-0.2, 0) is 0 Å². The summed E-state index contributed by atoms with van der Waals surface area (Å²) in [4.78, 5) is 2.50. The van der Waals surface area contributed by atoms with Crippen LogP contribution in [0, 0.1) is 0 Å². The van der Waals surface area contributed by atoms with E-state index in [1.807, 2.05) is 0 Å². The van der Waals surface area contributed by atoms with Crippen molar-refractivity contribution >= 4 is 5.69 Å². The van der Waals surface area contributed by atoms with Gasteiger partial charge in [-0.15, -0.1) is 0 Å². The molecule has 1 aliphatic heterocycles. The second-order valence-electron chi connectivity index (χ2n) is 5.26. The van der Waals surface area contributed by atoms with E-state index in [9.17, 15) is 0 Å². The lowest BCUT2D eigenvalue weighted by atomic mass is 9.93. The molecule has 1 aromatic rings. The number of nitrogens with zero attached hydrogens (tertiary/aromatic N) is 2. The minimum absolute atomic E-state index is 0.667. The van der Waals surface area contributed by atoms with E-state index >= 15 is 0 Å². The first-order chi connectivity index (χ1) is 8.83. The van der Waals surface area contributed by atoms with Crippen molar-refractivity contribution in [3.8, 4) is 0 Å². The average molecular weight is 245 g/mol. The Hall–Kier alpha value is -1.02. The van der Waals surface area contributed by atoms with Gasteiger partial charge in [0.25, 0.3) is 0 Å². The molecule has 1 heterocycles. The van der Waals surface area contributed by atoms with Gasteiger partial charge in [-0.05, 0) is 24.0 Å². The third kappa shape index (κ3) is 3.26. The predicted octanol–water partition coefficient (Wildman–Crippen LogP) is 3.40. The molecule has 99 valence electrons. The molecule has 0 amide bonds. The lowest BCUT2D eigenvalue weighted by Crippen LogP contribution is -2.40. The first-order valence-corrected chi connectivity index (χ1v) is 7.30. The smallest absolute Gasteiger partial charge is 0.0402 e. The highest BCUT2D eigenvalue weighted by molar-refractivity contribution is 5.55. The second kappa shape index (κ2) is 6.79. The highest BCUT2D eigenvalue weighted by atomic mass is 15.2. The molecular formula is C16H25N2. The lowest BCUT2D eigenvalue weighted by molar-refractivity contribution is 0.571. The Kier molecular flexibility index (Phi) is 5.06. The van der Waals surface area contributed by atoms with Gasteiger partial charge in [0, 0.05) is 31.9 Å². The quantitative estimate of drug-likeness (QED) is 0.777. The van der Waals surface area contributed by atoms with E-state index in [0.29, 0.717) is 5.92 Å². The van der Waals surface area contributed by atoms with Gasteiger partial charge >= 0.3 is 0 Å². The van der Waals surface area contributed by atoms with Crippen molar-refractivity contribution in [2.24, 2.45) is 0 Å². The molecule has 1 saturated heterocycles. The van der Waals surface area contributed by atoms with Crippen LogP contribution in [0.1, 0.15) is 44.6 Å². The summed E-state index contributed by atoms with van der Waals surface area (Å²) >= 11 is 0. The number of benzene rings is 1. The second-order valence-corrected chi connectivity index (χ2v) is 5.26. The molecule has 0 N–H and O–H groups in total. The van der Waals surface area contributed by atoms with Gasteiger partial charge in [0.1, 0.15) is 0 Å². The Morgan fingerprint density at radius 2 is 1.94 bits per heavy atom. The molecule has 1 unspecified atom stereocenters. The highest BCUT2D eigenvalue weighted by Gasteiger charge is 2.17. The normalized spacial score (nSPS) is 17.8. The maximum Gasteiger partial charge on any atom is 0.0402 e. The summed E-state index contributed by atoms with van der Waals surface area (Å²) in [6.07, 6.45) is 3.91. The van der Waals surface area contributed by atoms with Crippen molar-refractivity contribution in [3.05, 3.63) is 29.8 Å². The summed E-state index contributed by atoms with van der Waals surface area (Å²) in [5.74, 6) is 0.667. The molecule has 2 rings (SSSR count). The molecule has 1 aliphatic rings. The van der Waals surface area contributed by atoms with Crippen molar-refractivity contribution in [1.82, 2.24) is 5.32 Å². The molecular weight excluding hydrogens is 220 g/mol. The van der Waals surface area contributed by atoms with Crippen LogP contribution >= 0.6 is 0 Å². The number of anilines is 1. The predicted molar refractivity (Wildman–Crippen MR) is 78.5 cm³/mol. The van der Waals surface area contributed by atoms with Crippen molar-refractivity contribution in [1.29, 1.82) is 0 Å². The van der Waals surface area contributed by atoms with Crippen LogP contribution in [0.3, 0.4) is 0 Å². The van der Waals surface area contributed by atoms with Crippen LogP contribution in [0.15, 0.2) is 24.3 Å². The monoisotopic (exact) mass is 245 g/mol. The Morgan fingerprint density at radius 3 is 2.67 bits per heavy atom. The van der Waals surface area contributed by atoms with Crippen LogP contribution in [0.4, 0.5) is 5.69 Å². The zero-order chi connectivity index (χ0) is 12.8. The first-order valence-electron chi connectivity index (χ1n) is 7.30. The third-order valence-electron chi connectivity index (χ3n) is 3.86. The van der Waals surface area contributed by atoms with Crippen LogP contribution in [0.2, 0.25) is 0 Å². The minimum atomic E-state index is 0.667. The number of hydrogen-bond acceptors (Lipinski definition) is 1. The molecule has 0 aliphatic carbocycles. The van der Waals surface area contributed by atoms with Crippen molar-refractivity contribution < 1.29 is 0 Å². The van der Waals surface area contributed by atoms with Gasteiger partial charge in [-0.1, -0.05) is 44.9 Å². The molecule has 2 heteroatoms. The van der Waals surface area contributed by atoms with Gasteiger partial charge in [-0.3, -0.25) is 0 Å². The number of para-hydroxylation sites is 1. The van der Waals surface area contributed by atoms with Crippen LogP contribution in [0.5, 0.6) is 0 Å². The SMILES string of the molecule is CCCCC(C)c1ccccc1N1CC[N]CC1. The molecule has 0 spiro atoms. The lowest BCUT2D eigenvalue weighted by Gasteiger charge is -2.31. The Balaban J connectivity index is 2.13. The molecule has 0 aromatic heterocycles. The fraction of sp³-hybridized carbons (Fsp3) is 0.625. The van der Waals surface area contributed by atoms with E-state index < -0.39 is 0 Å². The molecule has 18 heavy (non-hydrogen) atoms. The maximum atomic E-state index is 4.44. The van der Waals surface area contributed by atoms with E-state index in [4.69, 9.17) is 0 Å². The first kappa shape index (κ1) is 13.4. The van der Waals surface area contributed by atoms with Gasteiger partial charge in [0.2, 0.25) is 0 Å². The summed E-state index contributed by atoms with van der Waals surface area (Å²) in [5, 5.41) is 4.44. The number of unbranched alkanes of at least 4 members (excludes halogenated alkanes) is 1. The van der Waals surface area contributed by atoms with Gasteiger partial charge in [-0.25, -0.2) is 5.32 Å². The van der Waals surface area contributed by atoms with Crippen LogP contribution in [0.25, 0.3) is 0 Å². The molecule has 0 bridgehead atoms. The zero-order valence-electron chi connectivity index (χ0n) is 11.7. The number of rotatable bonds is 5. The average Bonchev–Trinajstić information content (AvgIpc) is 2.45. The standard InChI is InChI=1S/C16H25N2/c1-3-4-7-14(2)15-8-5-6-9-16(15)18-12-10-17-11-13-18/h5-6,8-9,14H,3-4,7,10-13H2,1-2H3. The minimum Gasteiger partial charge on any atom is -0.369 e. The Bertz CT molecular complexity index is 356. The fourth-order valence-electron chi connectivity index (χ4n) is 2.71. The summed E-state index contributed by atoms with van der Waals surface area (Å²) in [5.41, 5.74) is 2.96. The molecule has 1 atom stereocenters. The topological polar surface area (TPSA) is 17.3 Å². The largest absolute Gasteiger partial charge is 0.369 e. The van der Waals surface area contributed by atoms with Crippen LogP contribution < -0.4 is 10.2 Å². The van der Waals surface area contributed by atoms with E-state index in [-0.39, 0.29) is 0 Å². The number of hydrogen-bond donors (Lipinski definition) is 0. The molecule has 1 fully saturated rings. The maximum absolute atomic E-state index is 4.44. The Labute approximate surface area is 111 Å². The van der Waals surface area contributed by atoms with E-state index in [1.165, 1.54) is 30.5 Å². The van der Waals surface area contributed by atoms with Gasteiger partial charge < -0.3 is 4.90 Å². The molecule has 1 radical (unpaired) electrons. The van der Waals surface area contributed by atoms with Gasteiger partial charge in [0.05, 0.1) is 0 Å². The van der Waals surface area contributed by atoms with E-state index in [2.05, 4.69) is 48.3 Å². The Morgan fingerprint density at radius 1 is 1.22 bits per heavy atom. The zero-order valence-corrected chi connectivity index (χ0v) is 11.7. The van der Waals surface area contributed by atoms with E-state index in [0.717, 1.165) is 26.2 Å². The number of piperazine rings is 1. The summed E-state index contributed by atoms with van der Waals surface area (Å²) < 4.78 is 0. The highest BCUT2D eigenvalue weighted by Crippen LogP contribution is 2.30. The van der Waals surface area contributed by atoms with Crippen molar-refractivity contribution in [3.63, 3.8) is 0 Å². The third-order valence-corrected chi connectivity index (χ3v) is 3.86. The molecule has 2 nitrogen and oxygen atoms in total.